The molecule has 13 nitrogen and oxygen atoms in total. The fourth-order valence-corrected chi connectivity index (χ4v) is 4.34. The van der Waals surface area contributed by atoms with Crippen LogP contribution in [0.4, 0.5) is 0 Å². The molecule has 14 heteroatoms. The van der Waals surface area contributed by atoms with Gasteiger partial charge in [0, 0.05) is 23.5 Å². The first-order chi connectivity index (χ1) is 18.4. The number of rotatable bonds is 16. The SMILES string of the molecule is CSCCC(NC(=O)C(CCC(=O)O)NC(=O)C(N)Cc1c[nH]c2ccccc12)C(=O)NC(C(=O)O)C(C)O. The molecule has 3 amide bonds. The maximum absolute atomic E-state index is 13.1. The molecule has 9 N–H and O–H groups in total. The zero-order valence-corrected chi connectivity index (χ0v) is 22.5. The highest BCUT2D eigenvalue weighted by atomic mass is 32.2. The number of carbonyl (C=O) groups excluding carboxylic acids is 3. The number of aliphatic hydroxyl groups is 1. The van der Waals surface area contributed by atoms with Crippen molar-refractivity contribution >= 4 is 52.3 Å². The van der Waals surface area contributed by atoms with Gasteiger partial charge in [-0.05, 0) is 49.8 Å². The first-order valence-electron chi connectivity index (χ1n) is 12.3. The molecule has 5 unspecified atom stereocenters. The third kappa shape index (κ3) is 9.57. The van der Waals surface area contributed by atoms with Crippen molar-refractivity contribution in [1.29, 1.82) is 0 Å². The van der Waals surface area contributed by atoms with Gasteiger partial charge in [0.1, 0.15) is 12.1 Å². The van der Waals surface area contributed by atoms with E-state index in [1.54, 1.807) is 12.5 Å². The number of aliphatic carboxylic acids is 2. The van der Waals surface area contributed by atoms with Crippen LogP contribution in [-0.4, -0.2) is 92.2 Å². The number of benzene rings is 1. The highest BCUT2D eigenvalue weighted by Gasteiger charge is 2.32. The molecule has 0 saturated carbocycles. The Morgan fingerprint density at radius 3 is 2.21 bits per heavy atom. The van der Waals surface area contributed by atoms with Crippen LogP contribution in [0.15, 0.2) is 30.5 Å². The predicted octanol–water partition coefficient (Wildman–Crippen LogP) is -0.425. The number of aliphatic hydroxyl groups excluding tert-OH is 1. The number of para-hydroxylation sites is 1. The number of hydrogen-bond acceptors (Lipinski definition) is 8. The van der Waals surface area contributed by atoms with Gasteiger partial charge in [-0.3, -0.25) is 19.2 Å². The number of carboxylic acid groups (broad SMARTS) is 2. The van der Waals surface area contributed by atoms with E-state index in [-0.39, 0.29) is 19.3 Å². The van der Waals surface area contributed by atoms with Crippen LogP contribution < -0.4 is 21.7 Å². The maximum Gasteiger partial charge on any atom is 0.328 e. The summed E-state index contributed by atoms with van der Waals surface area (Å²) >= 11 is 1.38. The average Bonchev–Trinajstić information content (AvgIpc) is 3.29. The van der Waals surface area contributed by atoms with E-state index >= 15 is 0 Å². The Hall–Kier alpha value is -3.62. The van der Waals surface area contributed by atoms with Crippen LogP contribution in [0.3, 0.4) is 0 Å². The molecule has 39 heavy (non-hydrogen) atoms. The fourth-order valence-electron chi connectivity index (χ4n) is 3.86. The summed E-state index contributed by atoms with van der Waals surface area (Å²) in [6, 6.07) is 2.29. The summed E-state index contributed by atoms with van der Waals surface area (Å²) in [6.07, 6.45) is 1.67. The Morgan fingerprint density at radius 1 is 0.974 bits per heavy atom. The Morgan fingerprint density at radius 2 is 1.59 bits per heavy atom. The minimum atomic E-state index is -1.60. The van der Waals surface area contributed by atoms with Crippen LogP contribution in [0.25, 0.3) is 10.9 Å². The van der Waals surface area contributed by atoms with Crippen molar-refractivity contribution in [2.75, 3.05) is 12.0 Å². The van der Waals surface area contributed by atoms with Gasteiger partial charge in [0.25, 0.3) is 0 Å². The van der Waals surface area contributed by atoms with Crippen LogP contribution in [0.2, 0.25) is 0 Å². The molecular weight excluding hydrogens is 530 g/mol. The second-order valence-corrected chi connectivity index (χ2v) is 10.1. The van der Waals surface area contributed by atoms with Crippen molar-refractivity contribution in [3.63, 3.8) is 0 Å². The highest BCUT2D eigenvalue weighted by Crippen LogP contribution is 2.19. The standard InChI is InChI=1S/C25H35N5O8S/c1-13(31)21(25(37)38)30-24(36)19(9-10-39-2)29-23(35)18(7-8-20(32)33)28-22(34)16(26)11-14-12-27-17-6-4-3-5-15(14)17/h3-6,12-13,16,18-19,21,27,31H,7-11,26H2,1-2H3,(H,28,34)(H,29,35)(H,30,36)(H,32,33)(H,37,38). The predicted molar refractivity (Wildman–Crippen MR) is 145 cm³/mol. The molecule has 0 aliphatic carbocycles. The van der Waals surface area contributed by atoms with Crippen LogP contribution in [0.1, 0.15) is 31.7 Å². The zero-order chi connectivity index (χ0) is 29.1. The molecule has 0 aliphatic rings. The van der Waals surface area contributed by atoms with Crippen LogP contribution >= 0.6 is 11.8 Å². The van der Waals surface area contributed by atoms with Gasteiger partial charge in [-0.2, -0.15) is 11.8 Å². The number of nitrogens with one attached hydrogen (secondary N) is 4. The Balaban J connectivity index is 2.14. The second kappa shape index (κ2) is 15.1. The maximum atomic E-state index is 13.1. The van der Waals surface area contributed by atoms with Crippen molar-refractivity contribution in [3.05, 3.63) is 36.0 Å². The summed E-state index contributed by atoms with van der Waals surface area (Å²) in [6.45, 7) is 1.20. The van der Waals surface area contributed by atoms with Crippen LogP contribution in [0.5, 0.6) is 0 Å². The lowest BCUT2D eigenvalue weighted by Crippen LogP contribution is -2.58. The molecule has 2 aromatic rings. The van der Waals surface area contributed by atoms with Crippen LogP contribution in [0, 0.1) is 0 Å². The largest absolute Gasteiger partial charge is 0.481 e. The average molecular weight is 566 g/mol. The molecule has 0 fully saturated rings. The van der Waals surface area contributed by atoms with Gasteiger partial charge in [-0.15, -0.1) is 0 Å². The number of thioether (sulfide) groups is 1. The molecule has 5 atom stereocenters. The molecule has 0 bridgehead atoms. The molecule has 214 valence electrons. The number of hydrogen-bond donors (Lipinski definition) is 8. The molecule has 1 heterocycles. The summed E-state index contributed by atoms with van der Waals surface area (Å²) in [5, 5.41) is 36.1. The quantitative estimate of drug-likeness (QED) is 0.131. The normalized spacial score (nSPS) is 15.0. The van der Waals surface area contributed by atoms with Crippen molar-refractivity contribution in [2.45, 2.75) is 62.9 Å². The monoisotopic (exact) mass is 565 g/mol. The zero-order valence-electron chi connectivity index (χ0n) is 21.7. The van der Waals surface area contributed by atoms with Crippen molar-refractivity contribution in [3.8, 4) is 0 Å². The number of carbonyl (C=O) groups is 5. The third-order valence-electron chi connectivity index (χ3n) is 6.02. The fraction of sp³-hybridized carbons (Fsp3) is 0.480. The smallest absolute Gasteiger partial charge is 0.328 e. The molecular formula is C25H35N5O8S. The number of aromatic amines is 1. The first-order valence-corrected chi connectivity index (χ1v) is 13.7. The summed E-state index contributed by atoms with van der Waals surface area (Å²) in [7, 11) is 0. The summed E-state index contributed by atoms with van der Waals surface area (Å²) < 4.78 is 0. The summed E-state index contributed by atoms with van der Waals surface area (Å²) in [5.74, 6) is -4.57. The van der Waals surface area contributed by atoms with Gasteiger partial charge < -0.3 is 42.0 Å². The highest BCUT2D eigenvalue weighted by molar-refractivity contribution is 7.98. The van der Waals surface area contributed by atoms with Gasteiger partial charge >= 0.3 is 11.9 Å². The van der Waals surface area contributed by atoms with Crippen molar-refractivity contribution in [2.24, 2.45) is 5.73 Å². The molecule has 1 aromatic heterocycles. The topological polar surface area (TPSA) is 224 Å². The number of fused-ring (bicyclic) bond motifs is 1. The second-order valence-electron chi connectivity index (χ2n) is 9.07. The van der Waals surface area contributed by atoms with Crippen molar-refractivity contribution < 1.29 is 39.3 Å². The molecule has 0 saturated heterocycles. The van der Waals surface area contributed by atoms with E-state index in [9.17, 15) is 34.2 Å². The van der Waals surface area contributed by atoms with E-state index in [0.717, 1.165) is 16.5 Å². The number of nitrogens with two attached hydrogens (primary N) is 1. The lowest BCUT2D eigenvalue weighted by atomic mass is 10.0. The lowest BCUT2D eigenvalue weighted by Gasteiger charge is -2.25. The molecule has 0 aliphatic heterocycles. The summed E-state index contributed by atoms with van der Waals surface area (Å²) in [5.41, 5.74) is 7.77. The minimum absolute atomic E-state index is 0.116. The van der Waals surface area contributed by atoms with Gasteiger partial charge in [0.15, 0.2) is 6.04 Å². The van der Waals surface area contributed by atoms with Gasteiger partial charge in [0.05, 0.1) is 12.1 Å². The number of carboxylic acids is 2. The molecule has 0 spiro atoms. The Bertz CT molecular complexity index is 1170. The summed E-state index contributed by atoms with van der Waals surface area (Å²) in [4.78, 5) is 64.5. The van der Waals surface area contributed by atoms with E-state index in [1.165, 1.54) is 18.7 Å². The number of amides is 3. The van der Waals surface area contributed by atoms with Crippen molar-refractivity contribution in [1.82, 2.24) is 20.9 Å². The number of H-pyrrole nitrogens is 1. The Labute approximate surface area is 229 Å². The van der Waals surface area contributed by atoms with Gasteiger partial charge in [-0.25, -0.2) is 4.79 Å². The van der Waals surface area contributed by atoms with E-state index in [0.29, 0.717) is 5.75 Å². The van der Waals surface area contributed by atoms with E-state index in [1.807, 2.05) is 24.3 Å². The molecule has 2 rings (SSSR count). The molecule has 1 aromatic carbocycles. The van der Waals surface area contributed by atoms with Gasteiger partial charge in [0.2, 0.25) is 17.7 Å². The van der Waals surface area contributed by atoms with E-state index in [2.05, 4.69) is 20.9 Å². The first kappa shape index (κ1) is 31.6. The minimum Gasteiger partial charge on any atom is -0.481 e. The third-order valence-corrected chi connectivity index (χ3v) is 6.67. The van der Waals surface area contributed by atoms with E-state index < -0.39 is 66.4 Å². The number of aromatic nitrogens is 1. The van der Waals surface area contributed by atoms with Crippen LogP contribution in [-0.2, 0) is 30.4 Å². The van der Waals surface area contributed by atoms with Gasteiger partial charge in [-0.1, -0.05) is 18.2 Å². The lowest BCUT2D eigenvalue weighted by molar-refractivity contribution is -0.145. The molecule has 0 radical (unpaired) electrons. The Kier molecular flexibility index (Phi) is 12.2. The van der Waals surface area contributed by atoms with E-state index in [4.69, 9.17) is 10.8 Å².